The van der Waals surface area contributed by atoms with Crippen molar-refractivity contribution in [3.63, 3.8) is 0 Å². The Bertz CT molecular complexity index is 126. The molecule has 0 saturated carbocycles. The average molecular weight is 172 g/mol. The van der Waals surface area contributed by atoms with E-state index in [1.165, 1.54) is 0 Å². The molecule has 72 valence electrons. The molecule has 0 aliphatic carbocycles. The number of nitrogens with one attached hydrogen (secondary N) is 1. The van der Waals surface area contributed by atoms with Crippen LogP contribution in [0.3, 0.4) is 0 Å². The number of nitrogens with two attached hydrogens (primary N) is 1. The van der Waals surface area contributed by atoms with Gasteiger partial charge in [-0.2, -0.15) is 0 Å². The summed E-state index contributed by atoms with van der Waals surface area (Å²) < 4.78 is 0. The highest BCUT2D eigenvalue weighted by atomic mass is 16.1. The van der Waals surface area contributed by atoms with Gasteiger partial charge in [0.25, 0.3) is 0 Å². The molecule has 0 saturated heterocycles. The van der Waals surface area contributed by atoms with Gasteiger partial charge in [0, 0.05) is 19.0 Å². The molecule has 3 nitrogen and oxygen atoms in total. The molecule has 1 amide bonds. The third-order valence-corrected chi connectivity index (χ3v) is 1.84. The van der Waals surface area contributed by atoms with Crippen LogP contribution in [-0.4, -0.2) is 18.5 Å². The van der Waals surface area contributed by atoms with E-state index in [4.69, 9.17) is 5.73 Å². The number of amides is 1. The van der Waals surface area contributed by atoms with Crippen molar-refractivity contribution >= 4 is 5.91 Å². The van der Waals surface area contributed by atoms with Crippen molar-refractivity contribution in [2.24, 2.45) is 5.73 Å². The van der Waals surface area contributed by atoms with Crippen LogP contribution in [0.4, 0.5) is 0 Å². The Kier molecular flexibility index (Phi) is 6.76. The van der Waals surface area contributed by atoms with Crippen molar-refractivity contribution in [3.05, 3.63) is 0 Å². The molecule has 3 heteroatoms. The lowest BCUT2D eigenvalue weighted by Gasteiger charge is -2.09. The molecule has 0 aromatic rings. The fourth-order valence-corrected chi connectivity index (χ4v) is 0.815. The first-order valence-electron chi connectivity index (χ1n) is 4.73. The van der Waals surface area contributed by atoms with Crippen LogP contribution in [0.5, 0.6) is 0 Å². The highest BCUT2D eigenvalue weighted by Crippen LogP contribution is 1.93. The molecule has 0 heterocycles. The fourth-order valence-electron chi connectivity index (χ4n) is 0.815. The highest BCUT2D eigenvalue weighted by molar-refractivity contribution is 5.75. The van der Waals surface area contributed by atoms with Gasteiger partial charge in [0.15, 0.2) is 0 Å². The van der Waals surface area contributed by atoms with Gasteiger partial charge < -0.3 is 11.1 Å². The maximum absolute atomic E-state index is 11.1. The molecular weight excluding hydrogens is 152 g/mol. The summed E-state index contributed by atoms with van der Waals surface area (Å²) in [5.41, 5.74) is 5.64. The standard InChI is InChI=1S/C9H20N2O/c1-3-5-6-9(12)11-7-8(10)4-2/h8H,3-7,10H2,1-2H3,(H,11,12). The summed E-state index contributed by atoms with van der Waals surface area (Å²) in [6.45, 7) is 4.70. The molecule has 3 N–H and O–H groups in total. The first-order valence-corrected chi connectivity index (χ1v) is 4.73. The molecule has 12 heavy (non-hydrogen) atoms. The van der Waals surface area contributed by atoms with Gasteiger partial charge in [-0.1, -0.05) is 20.3 Å². The van der Waals surface area contributed by atoms with Gasteiger partial charge in [0.1, 0.15) is 0 Å². The van der Waals surface area contributed by atoms with E-state index in [1.54, 1.807) is 0 Å². The summed E-state index contributed by atoms with van der Waals surface area (Å²) in [6.07, 6.45) is 3.57. The minimum absolute atomic E-state index is 0.107. The van der Waals surface area contributed by atoms with Crippen LogP contribution in [0, 0.1) is 0 Å². The van der Waals surface area contributed by atoms with Crippen molar-refractivity contribution < 1.29 is 4.79 Å². The lowest BCUT2D eigenvalue weighted by atomic mass is 10.2. The summed E-state index contributed by atoms with van der Waals surface area (Å²) >= 11 is 0. The molecule has 0 aliphatic heterocycles. The largest absolute Gasteiger partial charge is 0.355 e. The Morgan fingerprint density at radius 1 is 1.50 bits per heavy atom. The van der Waals surface area contributed by atoms with Gasteiger partial charge in [0.05, 0.1) is 0 Å². The number of rotatable bonds is 6. The van der Waals surface area contributed by atoms with E-state index in [0.29, 0.717) is 13.0 Å². The molecule has 1 unspecified atom stereocenters. The van der Waals surface area contributed by atoms with Crippen molar-refractivity contribution in [1.82, 2.24) is 5.32 Å². The third kappa shape index (κ3) is 6.16. The molecule has 0 aromatic carbocycles. The van der Waals surface area contributed by atoms with Crippen molar-refractivity contribution in [2.45, 2.75) is 45.6 Å². The van der Waals surface area contributed by atoms with Crippen molar-refractivity contribution in [1.29, 1.82) is 0 Å². The molecule has 0 aromatic heterocycles. The summed E-state index contributed by atoms with van der Waals surface area (Å²) in [7, 11) is 0. The zero-order valence-corrected chi connectivity index (χ0v) is 8.10. The van der Waals surface area contributed by atoms with E-state index in [1.807, 2.05) is 6.92 Å². The summed E-state index contributed by atoms with van der Waals surface area (Å²) in [4.78, 5) is 11.1. The lowest BCUT2D eigenvalue weighted by molar-refractivity contribution is -0.121. The van der Waals surface area contributed by atoms with Crippen molar-refractivity contribution in [2.75, 3.05) is 6.54 Å². The molecule has 0 fully saturated rings. The third-order valence-electron chi connectivity index (χ3n) is 1.84. The van der Waals surface area contributed by atoms with Crippen LogP contribution < -0.4 is 11.1 Å². The predicted octanol–water partition coefficient (Wildman–Crippen LogP) is 1.03. The Morgan fingerprint density at radius 3 is 2.67 bits per heavy atom. The molecule has 0 spiro atoms. The normalized spacial score (nSPS) is 12.6. The zero-order valence-electron chi connectivity index (χ0n) is 8.10. The SMILES string of the molecule is CCCCC(=O)NCC(N)CC. The van der Waals surface area contributed by atoms with Crippen LogP contribution in [0.25, 0.3) is 0 Å². The summed E-state index contributed by atoms with van der Waals surface area (Å²) in [6, 6.07) is 0.107. The van der Waals surface area contributed by atoms with Crippen LogP contribution in [-0.2, 0) is 4.79 Å². The van der Waals surface area contributed by atoms with Gasteiger partial charge in [-0.15, -0.1) is 0 Å². The average Bonchev–Trinajstić information content (AvgIpc) is 2.10. The first-order chi connectivity index (χ1) is 5.70. The van der Waals surface area contributed by atoms with Gasteiger partial charge in [-0.05, 0) is 12.8 Å². The second-order valence-electron chi connectivity index (χ2n) is 3.08. The molecule has 1 atom stereocenters. The Balaban J connectivity index is 3.31. The minimum Gasteiger partial charge on any atom is -0.355 e. The summed E-state index contributed by atoms with van der Waals surface area (Å²) in [5.74, 6) is 0.126. The van der Waals surface area contributed by atoms with E-state index in [0.717, 1.165) is 19.3 Å². The van der Waals surface area contributed by atoms with Gasteiger partial charge >= 0.3 is 0 Å². The number of carbonyl (C=O) groups is 1. The summed E-state index contributed by atoms with van der Waals surface area (Å²) in [5, 5.41) is 2.80. The number of unbranched alkanes of at least 4 members (excludes halogenated alkanes) is 1. The predicted molar refractivity (Wildman–Crippen MR) is 50.8 cm³/mol. The topological polar surface area (TPSA) is 55.1 Å². The smallest absolute Gasteiger partial charge is 0.220 e. The molecule has 0 rings (SSSR count). The lowest BCUT2D eigenvalue weighted by Crippen LogP contribution is -2.36. The van der Waals surface area contributed by atoms with E-state index in [2.05, 4.69) is 12.2 Å². The highest BCUT2D eigenvalue weighted by Gasteiger charge is 2.02. The second-order valence-corrected chi connectivity index (χ2v) is 3.08. The Labute approximate surface area is 74.7 Å². The maximum atomic E-state index is 11.1. The van der Waals surface area contributed by atoms with Crippen molar-refractivity contribution in [3.8, 4) is 0 Å². The van der Waals surface area contributed by atoms with E-state index in [-0.39, 0.29) is 11.9 Å². The van der Waals surface area contributed by atoms with E-state index < -0.39 is 0 Å². The van der Waals surface area contributed by atoms with Gasteiger partial charge in [-0.25, -0.2) is 0 Å². The molecule has 0 bridgehead atoms. The second kappa shape index (κ2) is 7.10. The van der Waals surface area contributed by atoms with Crippen LogP contribution in [0.1, 0.15) is 39.5 Å². The first kappa shape index (κ1) is 11.4. The number of hydrogen-bond acceptors (Lipinski definition) is 2. The number of carbonyl (C=O) groups excluding carboxylic acids is 1. The van der Waals surface area contributed by atoms with Crippen LogP contribution in [0.2, 0.25) is 0 Å². The quantitative estimate of drug-likeness (QED) is 0.628. The maximum Gasteiger partial charge on any atom is 0.220 e. The number of hydrogen-bond donors (Lipinski definition) is 2. The zero-order chi connectivity index (χ0) is 9.40. The monoisotopic (exact) mass is 172 g/mol. The Hall–Kier alpha value is -0.570. The van der Waals surface area contributed by atoms with Gasteiger partial charge in [-0.3, -0.25) is 4.79 Å². The molecule has 0 aliphatic rings. The fraction of sp³-hybridized carbons (Fsp3) is 0.889. The van der Waals surface area contributed by atoms with Gasteiger partial charge in [0.2, 0.25) is 5.91 Å². The molecule has 0 radical (unpaired) electrons. The molecular formula is C9H20N2O. The Morgan fingerprint density at radius 2 is 2.17 bits per heavy atom. The minimum atomic E-state index is 0.107. The van der Waals surface area contributed by atoms with Crippen LogP contribution >= 0.6 is 0 Å². The van der Waals surface area contributed by atoms with E-state index in [9.17, 15) is 4.79 Å². The van der Waals surface area contributed by atoms with Crippen LogP contribution in [0.15, 0.2) is 0 Å². The van der Waals surface area contributed by atoms with E-state index >= 15 is 0 Å².